The van der Waals surface area contributed by atoms with Crippen molar-refractivity contribution in [2.45, 2.75) is 0 Å². The Morgan fingerprint density at radius 1 is 1.16 bits per heavy atom. The zero-order valence-corrected chi connectivity index (χ0v) is 10.5. The van der Waals surface area contributed by atoms with Crippen LogP contribution in [0.2, 0.25) is 0 Å². The van der Waals surface area contributed by atoms with Crippen LogP contribution in [0.25, 0.3) is 6.08 Å². The van der Waals surface area contributed by atoms with Crippen molar-refractivity contribution >= 4 is 11.9 Å². The molecule has 19 heavy (non-hydrogen) atoms. The van der Waals surface area contributed by atoms with Crippen LogP contribution in [0.5, 0.6) is 0 Å². The van der Waals surface area contributed by atoms with Gasteiger partial charge < -0.3 is 9.84 Å². The maximum Gasteiger partial charge on any atom is 0.224 e. The predicted molar refractivity (Wildman–Crippen MR) is 74.4 cm³/mol. The maximum atomic E-state index is 11.4. The van der Waals surface area contributed by atoms with Gasteiger partial charge >= 0.3 is 0 Å². The molecular weight excluding hydrogens is 240 g/mol. The molecule has 0 atom stereocenters. The quantitative estimate of drug-likeness (QED) is 0.901. The largest absolute Gasteiger partial charge is 0.507 e. The highest BCUT2D eigenvalue weighted by Gasteiger charge is 2.16. The van der Waals surface area contributed by atoms with Gasteiger partial charge in [-0.25, -0.2) is 0 Å². The molecule has 0 spiro atoms. The fourth-order valence-electron chi connectivity index (χ4n) is 1.68. The molecule has 96 valence electrons. The Balaban J connectivity index is 2.19. The van der Waals surface area contributed by atoms with Crippen LogP contribution in [0.15, 0.2) is 71.7 Å². The summed E-state index contributed by atoms with van der Waals surface area (Å²) in [5.74, 6) is -0.162. The van der Waals surface area contributed by atoms with Crippen molar-refractivity contribution in [3.63, 3.8) is 0 Å². The minimum absolute atomic E-state index is 0.0523. The third-order valence-corrected chi connectivity index (χ3v) is 2.68. The van der Waals surface area contributed by atoms with Gasteiger partial charge in [-0.2, -0.15) is 0 Å². The molecule has 3 heteroatoms. The fourth-order valence-corrected chi connectivity index (χ4v) is 1.68. The summed E-state index contributed by atoms with van der Waals surface area (Å²) in [7, 11) is 1.43. The second-order valence-electron chi connectivity index (χ2n) is 4.00. The first-order chi connectivity index (χ1) is 9.20. The number of ether oxygens (including phenoxy) is 1. The number of ketones is 1. The monoisotopic (exact) mass is 254 g/mol. The van der Waals surface area contributed by atoms with E-state index in [2.05, 4.69) is 0 Å². The van der Waals surface area contributed by atoms with Crippen molar-refractivity contribution in [1.82, 2.24) is 0 Å². The Bertz CT molecular complexity index is 590. The molecule has 0 unspecified atom stereocenters. The Morgan fingerprint density at radius 2 is 1.89 bits per heavy atom. The van der Waals surface area contributed by atoms with Crippen molar-refractivity contribution in [2.24, 2.45) is 0 Å². The number of allylic oxidation sites excluding steroid dienone is 4. The van der Waals surface area contributed by atoms with Crippen LogP contribution in [0.3, 0.4) is 0 Å². The summed E-state index contributed by atoms with van der Waals surface area (Å²) >= 11 is 0. The summed E-state index contributed by atoms with van der Waals surface area (Å²) in [6, 6.07) is 9.81. The Kier molecular flexibility index (Phi) is 3.98. The molecule has 0 saturated heterocycles. The maximum absolute atomic E-state index is 11.4. The average Bonchev–Trinajstić information content (AvgIpc) is 2.42. The van der Waals surface area contributed by atoms with E-state index >= 15 is 0 Å². The first kappa shape index (κ1) is 12.9. The van der Waals surface area contributed by atoms with Gasteiger partial charge in [-0.05, 0) is 11.6 Å². The zero-order chi connectivity index (χ0) is 13.7. The molecule has 0 heterocycles. The van der Waals surface area contributed by atoms with E-state index in [1.54, 1.807) is 6.08 Å². The summed E-state index contributed by atoms with van der Waals surface area (Å²) in [5, 5.41) is 9.69. The molecule has 2 rings (SSSR count). The average molecular weight is 254 g/mol. The van der Waals surface area contributed by atoms with Crippen LogP contribution in [0.1, 0.15) is 5.56 Å². The topological polar surface area (TPSA) is 46.5 Å². The van der Waals surface area contributed by atoms with E-state index < -0.39 is 0 Å². The molecule has 1 aliphatic carbocycles. The van der Waals surface area contributed by atoms with Gasteiger partial charge in [0.25, 0.3) is 0 Å². The van der Waals surface area contributed by atoms with Crippen molar-refractivity contribution in [1.29, 1.82) is 0 Å². The number of hydrogen-bond donors (Lipinski definition) is 1. The van der Waals surface area contributed by atoms with Crippen LogP contribution in [0, 0.1) is 0 Å². The normalized spacial score (nSPS) is 17.5. The lowest BCUT2D eigenvalue weighted by Gasteiger charge is -2.10. The second-order valence-corrected chi connectivity index (χ2v) is 4.00. The van der Waals surface area contributed by atoms with Gasteiger partial charge in [0.15, 0.2) is 5.76 Å². The lowest BCUT2D eigenvalue weighted by Crippen LogP contribution is -2.08. The third-order valence-electron chi connectivity index (χ3n) is 2.68. The van der Waals surface area contributed by atoms with E-state index in [1.165, 1.54) is 13.2 Å². The van der Waals surface area contributed by atoms with Gasteiger partial charge in [0.2, 0.25) is 5.78 Å². The Morgan fingerprint density at radius 3 is 2.58 bits per heavy atom. The molecule has 1 aromatic carbocycles. The van der Waals surface area contributed by atoms with Gasteiger partial charge in [-0.1, -0.05) is 48.6 Å². The highest BCUT2D eigenvalue weighted by molar-refractivity contribution is 6.05. The molecule has 0 amide bonds. The fraction of sp³-hybridized carbons (Fsp3) is 0.0625. The number of rotatable bonds is 3. The van der Waals surface area contributed by atoms with E-state index in [4.69, 9.17) is 4.74 Å². The van der Waals surface area contributed by atoms with Gasteiger partial charge in [0.1, 0.15) is 5.76 Å². The molecule has 3 nitrogen and oxygen atoms in total. The Labute approximate surface area is 111 Å². The molecule has 0 fully saturated rings. The van der Waals surface area contributed by atoms with E-state index in [0.29, 0.717) is 5.57 Å². The predicted octanol–water partition coefficient (Wildman–Crippen LogP) is 3.18. The first-order valence-corrected chi connectivity index (χ1v) is 5.85. The number of aliphatic hydroxyl groups excluding tert-OH is 1. The standard InChI is InChI=1S/C16H14O3/c1-19-16-10-13(14(17)11-15(16)18)9-5-8-12-6-3-2-4-7-12/h2-11,17H,1H3/b8-5+,13-9?. The van der Waals surface area contributed by atoms with Crippen LogP contribution in [0.4, 0.5) is 0 Å². The molecule has 1 N–H and O–H groups in total. The lowest BCUT2D eigenvalue weighted by atomic mass is 10.0. The van der Waals surface area contributed by atoms with Gasteiger partial charge in [-0.3, -0.25) is 4.79 Å². The van der Waals surface area contributed by atoms with Gasteiger partial charge in [0, 0.05) is 11.6 Å². The summed E-state index contributed by atoms with van der Waals surface area (Å²) in [5.41, 5.74) is 1.61. The van der Waals surface area contributed by atoms with Crippen molar-refractivity contribution in [3.8, 4) is 0 Å². The molecule has 0 aliphatic heterocycles. The van der Waals surface area contributed by atoms with Gasteiger partial charge in [0.05, 0.1) is 7.11 Å². The van der Waals surface area contributed by atoms with Crippen LogP contribution >= 0.6 is 0 Å². The lowest BCUT2D eigenvalue weighted by molar-refractivity contribution is -0.114. The summed E-state index contributed by atoms with van der Waals surface area (Å²) in [4.78, 5) is 11.4. The van der Waals surface area contributed by atoms with E-state index in [1.807, 2.05) is 42.5 Å². The number of benzene rings is 1. The van der Waals surface area contributed by atoms with Crippen molar-refractivity contribution < 1.29 is 14.6 Å². The zero-order valence-electron chi connectivity index (χ0n) is 10.5. The third kappa shape index (κ3) is 3.22. The molecule has 0 bridgehead atoms. The molecule has 1 aromatic rings. The second kappa shape index (κ2) is 5.87. The summed E-state index contributed by atoms with van der Waals surface area (Å²) in [6.45, 7) is 0. The van der Waals surface area contributed by atoms with Crippen LogP contribution < -0.4 is 0 Å². The summed E-state index contributed by atoms with van der Waals surface area (Å²) in [6.07, 6.45) is 8.13. The molecule has 0 saturated carbocycles. The van der Waals surface area contributed by atoms with E-state index in [0.717, 1.165) is 11.6 Å². The van der Waals surface area contributed by atoms with E-state index in [-0.39, 0.29) is 17.3 Å². The number of carbonyl (C=O) groups excluding carboxylic acids is 1. The number of aliphatic hydroxyl groups is 1. The van der Waals surface area contributed by atoms with Crippen LogP contribution in [-0.2, 0) is 9.53 Å². The smallest absolute Gasteiger partial charge is 0.224 e. The number of hydrogen-bond acceptors (Lipinski definition) is 3. The molecule has 0 radical (unpaired) electrons. The number of methoxy groups -OCH3 is 1. The molecule has 1 aliphatic rings. The Hall–Kier alpha value is -2.55. The first-order valence-electron chi connectivity index (χ1n) is 5.85. The van der Waals surface area contributed by atoms with Crippen LogP contribution in [-0.4, -0.2) is 18.0 Å². The SMILES string of the molecule is COC1=CC(=C/C=C/c2ccccc2)C(O)=CC1=O. The minimum Gasteiger partial charge on any atom is -0.507 e. The van der Waals surface area contributed by atoms with Crippen molar-refractivity contribution in [3.05, 3.63) is 77.3 Å². The van der Waals surface area contributed by atoms with Gasteiger partial charge in [-0.15, -0.1) is 0 Å². The highest BCUT2D eigenvalue weighted by Crippen LogP contribution is 2.19. The van der Waals surface area contributed by atoms with E-state index in [9.17, 15) is 9.90 Å². The van der Waals surface area contributed by atoms with Crippen molar-refractivity contribution in [2.75, 3.05) is 7.11 Å². The highest BCUT2D eigenvalue weighted by atomic mass is 16.5. The molecule has 0 aromatic heterocycles. The molecular formula is C16H14O3. The minimum atomic E-state index is -0.329. The summed E-state index contributed by atoms with van der Waals surface area (Å²) < 4.78 is 4.94. The number of carbonyl (C=O) groups is 1.